The van der Waals surface area contributed by atoms with Crippen molar-refractivity contribution in [3.05, 3.63) is 0 Å². The fraction of sp³-hybridized carbons (Fsp3) is 0.905. The van der Waals surface area contributed by atoms with Crippen LogP contribution in [0.15, 0.2) is 0 Å². The molecule has 0 radical (unpaired) electrons. The van der Waals surface area contributed by atoms with Gasteiger partial charge in [-0.25, -0.2) is 4.79 Å². The molecule has 4 unspecified atom stereocenters. The van der Waals surface area contributed by atoms with Crippen LogP contribution >= 0.6 is 0 Å². The first kappa shape index (κ1) is 27.8. The Bertz CT molecular complexity index is 444. The van der Waals surface area contributed by atoms with Gasteiger partial charge in [-0.2, -0.15) is 0 Å². The van der Waals surface area contributed by atoms with Crippen LogP contribution in [-0.2, 0) is 28.5 Å². The van der Waals surface area contributed by atoms with Crippen molar-refractivity contribution in [1.82, 2.24) is 0 Å². The van der Waals surface area contributed by atoms with Crippen LogP contribution in [0.3, 0.4) is 0 Å². The summed E-state index contributed by atoms with van der Waals surface area (Å²) in [5.41, 5.74) is 0. The van der Waals surface area contributed by atoms with Gasteiger partial charge in [-0.3, -0.25) is 4.79 Å². The maximum atomic E-state index is 12.1. The van der Waals surface area contributed by atoms with Crippen LogP contribution in [0.1, 0.15) is 92.9 Å². The van der Waals surface area contributed by atoms with Crippen molar-refractivity contribution < 1.29 is 38.7 Å². The molecule has 0 aromatic carbocycles. The molecule has 4 atom stereocenters. The van der Waals surface area contributed by atoms with Gasteiger partial charge >= 0.3 is 11.9 Å². The molecule has 0 saturated carbocycles. The fourth-order valence-electron chi connectivity index (χ4n) is 2.99. The number of unbranched alkanes of at least 4 members (excludes halogenated alkanes) is 2. The average molecular weight is 421 g/mol. The van der Waals surface area contributed by atoms with E-state index >= 15 is 0 Å². The second-order valence-corrected chi connectivity index (χ2v) is 7.50. The first-order valence-corrected chi connectivity index (χ1v) is 10.7. The minimum atomic E-state index is -2.17. The zero-order valence-corrected chi connectivity index (χ0v) is 18.8. The Morgan fingerprint density at radius 1 is 0.828 bits per heavy atom. The highest BCUT2D eigenvalue weighted by atomic mass is 16.8. The lowest BCUT2D eigenvalue weighted by molar-refractivity contribution is -0.346. The molecule has 0 saturated heterocycles. The lowest BCUT2D eigenvalue weighted by Crippen LogP contribution is -2.50. The molecule has 0 amide bonds. The van der Waals surface area contributed by atoms with Gasteiger partial charge in [0.05, 0.1) is 18.6 Å². The summed E-state index contributed by atoms with van der Waals surface area (Å²) in [4.78, 5) is 23.1. The molecular weight excluding hydrogens is 380 g/mol. The van der Waals surface area contributed by atoms with Gasteiger partial charge in [-0.15, -0.1) is 0 Å². The maximum Gasteiger partial charge on any atom is 0.364 e. The largest absolute Gasteiger partial charge is 0.481 e. The third kappa shape index (κ3) is 12.2. The minimum absolute atomic E-state index is 0.126. The third-order valence-corrected chi connectivity index (χ3v) is 4.48. The van der Waals surface area contributed by atoms with E-state index in [1.807, 2.05) is 13.8 Å². The van der Waals surface area contributed by atoms with Crippen molar-refractivity contribution in [3.8, 4) is 0 Å². The number of rotatable bonds is 18. The Morgan fingerprint density at radius 3 is 1.55 bits per heavy atom. The van der Waals surface area contributed by atoms with Crippen molar-refractivity contribution in [1.29, 1.82) is 0 Å². The summed E-state index contributed by atoms with van der Waals surface area (Å²) in [6.07, 6.45) is 2.80. The van der Waals surface area contributed by atoms with Crippen molar-refractivity contribution >= 4 is 11.9 Å². The highest BCUT2D eigenvalue weighted by Gasteiger charge is 2.45. The lowest BCUT2D eigenvalue weighted by Gasteiger charge is -2.35. The molecule has 0 aliphatic rings. The summed E-state index contributed by atoms with van der Waals surface area (Å²) in [6, 6.07) is 0. The quantitative estimate of drug-likeness (QED) is 0.311. The van der Waals surface area contributed by atoms with Crippen LogP contribution in [0.2, 0.25) is 0 Å². The molecule has 0 aliphatic heterocycles. The number of carboxylic acids is 2. The average Bonchev–Trinajstić information content (AvgIpc) is 2.62. The molecule has 0 rings (SSSR count). The van der Waals surface area contributed by atoms with Gasteiger partial charge in [0, 0.05) is 6.42 Å². The van der Waals surface area contributed by atoms with E-state index in [-0.39, 0.29) is 18.6 Å². The second-order valence-electron chi connectivity index (χ2n) is 7.50. The topological polar surface area (TPSA) is 112 Å². The van der Waals surface area contributed by atoms with Crippen molar-refractivity contribution in [2.45, 2.75) is 123 Å². The Labute approximate surface area is 174 Å². The zero-order valence-electron chi connectivity index (χ0n) is 18.8. The van der Waals surface area contributed by atoms with E-state index in [0.29, 0.717) is 0 Å². The molecule has 172 valence electrons. The number of ether oxygens (including phenoxy) is 4. The Hall–Kier alpha value is -1.22. The predicted molar refractivity (Wildman–Crippen MR) is 108 cm³/mol. The van der Waals surface area contributed by atoms with E-state index < -0.39 is 36.7 Å². The van der Waals surface area contributed by atoms with Crippen LogP contribution in [-0.4, -0.2) is 52.7 Å². The van der Waals surface area contributed by atoms with E-state index in [9.17, 15) is 14.7 Å². The monoisotopic (exact) mass is 420 g/mol. The summed E-state index contributed by atoms with van der Waals surface area (Å²) in [6.45, 7) is 11.1. The molecule has 0 spiro atoms. The van der Waals surface area contributed by atoms with Gasteiger partial charge in [0.25, 0.3) is 5.79 Å². The highest BCUT2D eigenvalue weighted by Crippen LogP contribution is 2.27. The highest BCUT2D eigenvalue weighted by molar-refractivity contribution is 5.77. The fourth-order valence-corrected chi connectivity index (χ4v) is 2.99. The first-order valence-electron chi connectivity index (χ1n) is 10.7. The van der Waals surface area contributed by atoms with Gasteiger partial charge in [-0.05, 0) is 40.5 Å². The van der Waals surface area contributed by atoms with Gasteiger partial charge in [0.2, 0.25) is 0 Å². The molecule has 29 heavy (non-hydrogen) atoms. The molecule has 0 bridgehead atoms. The van der Waals surface area contributed by atoms with Crippen LogP contribution in [0.25, 0.3) is 0 Å². The number of carbonyl (C=O) groups is 2. The molecule has 0 aromatic rings. The molecule has 0 aliphatic carbocycles. The molecular formula is C21H40O8. The van der Waals surface area contributed by atoms with E-state index in [2.05, 4.69) is 13.8 Å². The molecule has 0 heterocycles. The number of hydrogen-bond acceptors (Lipinski definition) is 6. The summed E-state index contributed by atoms with van der Waals surface area (Å²) in [5.74, 6) is -4.73. The molecule has 0 aromatic heterocycles. The van der Waals surface area contributed by atoms with Crippen molar-refractivity contribution in [2.75, 3.05) is 0 Å². The molecule has 8 heteroatoms. The number of carboxylic acid groups (broad SMARTS) is 2. The summed E-state index contributed by atoms with van der Waals surface area (Å²) in [5, 5.41) is 18.9. The minimum Gasteiger partial charge on any atom is -0.481 e. The van der Waals surface area contributed by atoms with Crippen LogP contribution in [0, 0.1) is 0 Å². The van der Waals surface area contributed by atoms with Gasteiger partial charge in [0.1, 0.15) is 0 Å². The Balaban J connectivity index is 5.21. The predicted octanol–water partition coefficient (Wildman–Crippen LogP) is 4.55. The molecule has 0 fully saturated rings. The van der Waals surface area contributed by atoms with Crippen LogP contribution in [0.4, 0.5) is 0 Å². The summed E-state index contributed by atoms with van der Waals surface area (Å²) >= 11 is 0. The second kappa shape index (κ2) is 14.7. The van der Waals surface area contributed by atoms with Crippen LogP contribution in [0.5, 0.6) is 0 Å². The Morgan fingerprint density at radius 2 is 1.24 bits per heavy atom. The van der Waals surface area contributed by atoms with Gasteiger partial charge in [-0.1, -0.05) is 39.5 Å². The van der Waals surface area contributed by atoms with E-state index in [4.69, 9.17) is 24.1 Å². The standard InChI is InChI=1S/C21H40O8/c1-7-9-11-15(3)26-17(5)28-21(20(24)25,14-13-19(22)23)29-18(6)27-16(4)12-10-8-2/h15-18H,7-14H2,1-6H3,(H,22,23)(H,24,25). The number of aliphatic carboxylic acids is 2. The third-order valence-electron chi connectivity index (χ3n) is 4.48. The SMILES string of the molecule is CCCCC(C)OC(C)OC(CCC(=O)O)(OC(C)OC(C)CCCC)C(=O)O. The normalized spacial score (nSPS) is 17.9. The van der Waals surface area contributed by atoms with Crippen molar-refractivity contribution in [2.24, 2.45) is 0 Å². The number of hydrogen-bond donors (Lipinski definition) is 2. The van der Waals surface area contributed by atoms with E-state index in [1.165, 1.54) is 0 Å². The molecule has 2 N–H and O–H groups in total. The lowest BCUT2D eigenvalue weighted by atomic mass is 10.1. The zero-order chi connectivity index (χ0) is 22.4. The van der Waals surface area contributed by atoms with E-state index in [1.54, 1.807) is 13.8 Å². The van der Waals surface area contributed by atoms with Gasteiger partial charge in [0.15, 0.2) is 12.6 Å². The van der Waals surface area contributed by atoms with E-state index in [0.717, 1.165) is 38.5 Å². The van der Waals surface area contributed by atoms with Crippen LogP contribution < -0.4 is 0 Å². The first-order chi connectivity index (χ1) is 13.6. The van der Waals surface area contributed by atoms with Gasteiger partial charge < -0.3 is 29.2 Å². The molecule has 8 nitrogen and oxygen atoms in total. The van der Waals surface area contributed by atoms with Crippen molar-refractivity contribution in [3.63, 3.8) is 0 Å². The summed E-state index contributed by atoms with van der Waals surface area (Å²) in [7, 11) is 0. The summed E-state index contributed by atoms with van der Waals surface area (Å²) < 4.78 is 22.7. The maximum absolute atomic E-state index is 12.1. The smallest absolute Gasteiger partial charge is 0.364 e. The Kier molecular flexibility index (Phi) is 14.1.